The van der Waals surface area contributed by atoms with Gasteiger partial charge in [0.1, 0.15) is 17.5 Å². The number of hydrogen-bond acceptors (Lipinski definition) is 5. The van der Waals surface area contributed by atoms with Gasteiger partial charge >= 0.3 is 0 Å². The van der Waals surface area contributed by atoms with E-state index in [0.29, 0.717) is 18.8 Å². The molecule has 0 bridgehead atoms. The first kappa shape index (κ1) is 16.2. The van der Waals surface area contributed by atoms with Crippen LogP contribution in [0.3, 0.4) is 0 Å². The van der Waals surface area contributed by atoms with Gasteiger partial charge in [-0.15, -0.1) is 0 Å². The molecule has 1 rings (SSSR count). The molecule has 1 aromatic heterocycles. The van der Waals surface area contributed by atoms with E-state index in [1.54, 1.807) is 0 Å². The van der Waals surface area contributed by atoms with E-state index in [-0.39, 0.29) is 5.91 Å². The molecule has 6 nitrogen and oxygen atoms in total. The van der Waals surface area contributed by atoms with Crippen molar-refractivity contribution in [3.8, 4) is 0 Å². The summed E-state index contributed by atoms with van der Waals surface area (Å²) in [5.74, 6) is 2.02. The molecular formula is C14H25N5O. The molecule has 1 aromatic rings. The summed E-state index contributed by atoms with van der Waals surface area (Å²) >= 11 is 0. The van der Waals surface area contributed by atoms with Gasteiger partial charge in [0.15, 0.2) is 0 Å². The smallest absolute Gasteiger partial charge is 0.221 e. The van der Waals surface area contributed by atoms with Crippen LogP contribution < -0.4 is 16.4 Å². The number of aromatic nitrogens is 2. The molecule has 6 heteroatoms. The first-order chi connectivity index (χ1) is 9.58. The number of rotatable bonds is 8. The fraction of sp³-hybridized carbons (Fsp3) is 0.643. The van der Waals surface area contributed by atoms with Gasteiger partial charge in [0.2, 0.25) is 5.91 Å². The summed E-state index contributed by atoms with van der Waals surface area (Å²) in [6.45, 7) is 7.24. The number of nitrogens with one attached hydrogen (secondary N) is 2. The van der Waals surface area contributed by atoms with Gasteiger partial charge in [0.05, 0.1) is 0 Å². The van der Waals surface area contributed by atoms with Crippen LogP contribution >= 0.6 is 0 Å². The van der Waals surface area contributed by atoms with E-state index in [1.807, 2.05) is 13.8 Å². The number of nitrogens with two attached hydrogens (primary N) is 1. The third-order valence-corrected chi connectivity index (χ3v) is 2.92. The standard InChI is InChI=1S/C14H25N5O/c1-4-6-11-18-13(15)10(3)14(19-11)17-9-7-12(20)16-8-5-2/h4-9H2,1-3H3,(H,16,20)(H3,15,17,18,19). The fourth-order valence-corrected chi connectivity index (χ4v) is 1.74. The normalized spacial score (nSPS) is 10.3. The first-order valence-corrected chi connectivity index (χ1v) is 7.22. The highest BCUT2D eigenvalue weighted by atomic mass is 16.1. The molecule has 0 aromatic carbocycles. The highest BCUT2D eigenvalue weighted by Gasteiger charge is 2.08. The zero-order valence-electron chi connectivity index (χ0n) is 12.6. The summed E-state index contributed by atoms with van der Waals surface area (Å²) in [6.07, 6.45) is 3.14. The number of carbonyl (C=O) groups excluding carboxylic acids is 1. The Balaban J connectivity index is 2.56. The SMILES string of the molecule is CCCNC(=O)CCNc1nc(CCC)nc(N)c1C. The van der Waals surface area contributed by atoms with Crippen molar-refractivity contribution >= 4 is 17.5 Å². The first-order valence-electron chi connectivity index (χ1n) is 7.22. The Morgan fingerprint density at radius 2 is 1.95 bits per heavy atom. The molecule has 0 fully saturated rings. The minimum atomic E-state index is 0.0489. The molecule has 20 heavy (non-hydrogen) atoms. The summed E-state index contributed by atoms with van der Waals surface area (Å²) < 4.78 is 0. The summed E-state index contributed by atoms with van der Waals surface area (Å²) in [6, 6.07) is 0. The van der Waals surface area contributed by atoms with Crippen molar-refractivity contribution in [2.75, 3.05) is 24.1 Å². The van der Waals surface area contributed by atoms with Crippen LogP contribution in [0.4, 0.5) is 11.6 Å². The zero-order valence-corrected chi connectivity index (χ0v) is 12.6. The van der Waals surface area contributed by atoms with E-state index in [4.69, 9.17) is 5.73 Å². The summed E-state index contributed by atoms with van der Waals surface area (Å²) in [5.41, 5.74) is 6.71. The molecule has 4 N–H and O–H groups in total. The monoisotopic (exact) mass is 279 g/mol. The van der Waals surface area contributed by atoms with E-state index in [2.05, 4.69) is 27.5 Å². The average molecular weight is 279 g/mol. The summed E-state index contributed by atoms with van der Waals surface area (Å²) in [5, 5.41) is 6.01. The lowest BCUT2D eigenvalue weighted by Crippen LogP contribution is -2.26. The van der Waals surface area contributed by atoms with E-state index < -0.39 is 0 Å². The van der Waals surface area contributed by atoms with Crippen LogP contribution in [0.5, 0.6) is 0 Å². The van der Waals surface area contributed by atoms with Crippen LogP contribution in [-0.4, -0.2) is 29.0 Å². The van der Waals surface area contributed by atoms with Gasteiger partial charge in [-0.1, -0.05) is 13.8 Å². The lowest BCUT2D eigenvalue weighted by atomic mass is 10.2. The van der Waals surface area contributed by atoms with Crippen molar-refractivity contribution in [2.24, 2.45) is 0 Å². The molecule has 0 unspecified atom stereocenters. The van der Waals surface area contributed by atoms with Crippen molar-refractivity contribution in [3.05, 3.63) is 11.4 Å². The minimum absolute atomic E-state index is 0.0489. The van der Waals surface area contributed by atoms with Gasteiger partial charge in [-0.25, -0.2) is 9.97 Å². The Hall–Kier alpha value is -1.85. The second kappa shape index (κ2) is 8.35. The van der Waals surface area contributed by atoms with E-state index in [9.17, 15) is 4.79 Å². The predicted octanol–water partition coefficient (Wildman–Crippen LogP) is 1.65. The van der Waals surface area contributed by atoms with Crippen molar-refractivity contribution in [1.82, 2.24) is 15.3 Å². The molecule has 0 aliphatic rings. The molecule has 0 aliphatic carbocycles. The van der Waals surface area contributed by atoms with Crippen LogP contribution in [0.2, 0.25) is 0 Å². The Labute approximate surface area is 120 Å². The number of nitrogens with zero attached hydrogens (tertiary/aromatic N) is 2. The van der Waals surface area contributed by atoms with Gasteiger partial charge in [-0.2, -0.15) is 0 Å². The third kappa shape index (κ3) is 5.03. The predicted molar refractivity (Wildman–Crippen MR) is 81.6 cm³/mol. The van der Waals surface area contributed by atoms with Gasteiger partial charge in [-0.3, -0.25) is 4.79 Å². The van der Waals surface area contributed by atoms with Crippen LogP contribution in [0.15, 0.2) is 0 Å². The maximum absolute atomic E-state index is 11.5. The van der Waals surface area contributed by atoms with Crippen molar-refractivity contribution in [1.29, 1.82) is 0 Å². The highest BCUT2D eigenvalue weighted by molar-refractivity contribution is 5.76. The van der Waals surface area contributed by atoms with Crippen LogP contribution in [0.1, 0.15) is 44.5 Å². The number of anilines is 2. The molecule has 0 aliphatic heterocycles. The molecule has 0 spiro atoms. The third-order valence-electron chi connectivity index (χ3n) is 2.92. The Morgan fingerprint density at radius 1 is 1.20 bits per heavy atom. The van der Waals surface area contributed by atoms with Crippen LogP contribution in [0.25, 0.3) is 0 Å². The topological polar surface area (TPSA) is 92.9 Å². The molecule has 1 amide bonds. The van der Waals surface area contributed by atoms with Crippen LogP contribution in [0, 0.1) is 6.92 Å². The number of carbonyl (C=O) groups is 1. The zero-order chi connectivity index (χ0) is 15.0. The number of aryl methyl sites for hydroxylation is 1. The van der Waals surface area contributed by atoms with Gasteiger partial charge in [0.25, 0.3) is 0 Å². The highest BCUT2D eigenvalue weighted by Crippen LogP contribution is 2.17. The number of amides is 1. The molecule has 0 saturated heterocycles. The molecule has 1 heterocycles. The molecule has 112 valence electrons. The Morgan fingerprint density at radius 3 is 2.60 bits per heavy atom. The maximum Gasteiger partial charge on any atom is 0.221 e. The second-order valence-corrected chi connectivity index (χ2v) is 4.78. The summed E-state index contributed by atoms with van der Waals surface area (Å²) in [4.78, 5) is 20.2. The van der Waals surface area contributed by atoms with E-state index in [1.165, 1.54) is 0 Å². The van der Waals surface area contributed by atoms with Crippen molar-refractivity contribution in [3.63, 3.8) is 0 Å². The van der Waals surface area contributed by atoms with Crippen molar-refractivity contribution in [2.45, 2.75) is 46.5 Å². The molecule has 0 saturated carbocycles. The average Bonchev–Trinajstić information content (AvgIpc) is 2.42. The Bertz CT molecular complexity index is 447. The summed E-state index contributed by atoms with van der Waals surface area (Å²) in [7, 11) is 0. The lowest BCUT2D eigenvalue weighted by molar-refractivity contribution is -0.120. The minimum Gasteiger partial charge on any atom is -0.383 e. The van der Waals surface area contributed by atoms with Gasteiger partial charge < -0.3 is 16.4 Å². The number of hydrogen-bond donors (Lipinski definition) is 3. The maximum atomic E-state index is 11.5. The fourth-order valence-electron chi connectivity index (χ4n) is 1.74. The van der Waals surface area contributed by atoms with Crippen LogP contribution in [-0.2, 0) is 11.2 Å². The number of nitrogen functional groups attached to an aromatic ring is 1. The molecular weight excluding hydrogens is 254 g/mol. The van der Waals surface area contributed by atoms with Gasteiger partial charge in [-0.05, 0) is 19.8 Å². The second-order valence-electron chi connectivity index (χ2n) is 4.78. The largest absolute Gasteiger partial charge is 0.383 e. The lowest BCUT2D eigenvalue weighted by Gasteiger charge is -2.11. The van der Waals surface area contributed by atoms with Crippen molar-refractivity contribution < 1.29 is 4.79 Å². The van der Waals surface area contributed by atoms with Gasteiger partial charge in [0, 0.05) is 31.5 Å². The molecule has 0 atom stereocenters. The van der Waals surface area contributed by atoms with E-state index in [0.717, 1.165) is 43.0 Å². The van der Waals surface area contributed by atoms with E-state index >= 15 is 0 Å². The quantitative estimate of drug-likeness (QED) is 0.673. The molecule has 0 radical (unpaired) electrons. The Kier molecular flexibility index (Phi) is 6.76.